The molecule has 6 nitrogen and oxygen atoms in total. The van der Waals surface area contributed by atoms with Gasteiger partial charge in [-0.25, -0.2) is 4.39 Å². The maximum Gasteiger partial charge on any atom is 0.253 e. The molecule has 2 saturated heterocycles. The second-order valence-corrected chi connectivity index (χ2v) is 11.8. The van der Waals surface area contributed by atoms with Crippen LogP contribution in [0.1, 0.15) is 56.0 Å². The van der Waals surface area contributed by atoms with Crippen molar-refractivity contribution in [3.05, 3.63) is 65.5 Å². The van der Waals surface area contributed by atoms with Gasteiger partial charge in [-0.3, -0.25) is 9.59 Å². The Morgan fingerprint density at radius 3 is 2.19 bits per heavy atom. The molecule has 0 aromatic heterocycles. The van der Waals surface area contributed by atoms with E-state index in [0.29, 0.717) is 50.5 Å². The number of hydrogen-bond acceptors (Lipinski definition) is 4. The zero-order valence-electron chi connectivity index (χ0n) is 22.6. The van der Waals surface area contributed by atoms with Crippen molar-refractivity contribution in [2.24, 2.45) is 5.41 Å². The summed E-state index contributed by atoms with van der Waals surface area (Å²) in [5, 5.41) is 0. The largest absolute Gasteiger partial charge is 0.493 e. The van der Waals surface area contributed by atoms with E-state index in [1.807, 2.05) is 34.1 Å². The number of halogens is 1. The number of rotatable bonds is 6. The first-order chi connectivity index (χ1) is 17.5. The molecule has 0 saturated carbocycles. The quantitative estimate of drug-likeness (QED) is 0.572. The predicted molar refractivity (Wildman–Crippen MR) is 143 cm³/mol. The second kappa shape index (κ2) is 11.2. The van der Waals surface area contributed by atoms with Crippen LogP contribution < -0.4 is 4.74 Å². The molecule has 37 heavy (non-hydrogen) atoms. The van der Waals surface area contributed by atoms with E-state index in [1.165, 1.54) is 17.7 Å². The Balaban J connectivity index is 1.52. The Hall–Kier alpha value is -2.93. The minimum Gasteiger partial charge on any atom is -0.493 e. The number of hydrogen-bond donors (Lipinski definition) is 0. The number of likely N-dealkylation sites (N-methyl/N-ethyl adjacent to an activating group) is 1. The minimum absolute atomic E-state index is 0.0154. The van der Waals surface area contributed by atoms with Crippen LogP contribution in [0.4, 0.5) is 4.39 Å². The smallest absolute Gasteiger partial charge is 0.253 e. The van der Waals surface area contributed by atoms with Gasteiger partial charge in [0, 0.05) is 56.7 Å². The van der Waals surface area contributed by atoms with Gasteiger partial charge in [0.2, 0.25) is 5.91 Å². The van der Waals surface area contributed by atoms with Crippen LogP contribution >= 0.6 is 0 Å². The number of likely N-dealkylation sites (tertiary alicyclic amines) is 1. The summed E-state index contributed by atoms with van der Waals surface area (Å²) in [7, 11) is 2.07. The summed E-state index contributed by atoms with van der Waals surface area (Å²) in [6.07, 6.45) is 1.92. The summed E-state index contributed by atoms with van der Waals surface area (Å²) in [6, 6.07) is 13.8. The van der Waals surface area contributed by atoms with E-state index in [4.69, 9.17) is 4.74 Å². The van der Waals surface area contributed by atoms with Crippen molar-refractivity contribution in [2.75, 3.05) is 52.9 Å². The Bertz CT molecular complexity index is 1070. The Morgan fingerprint density at radius 2 is 1.57 bits per heavy atom. The average molecular weight is 510 g/mol. The molecule has 0 bridgehead atoms. The minimum atomic E-state index is -0.506. The van der Waals surface area contributed by atoms with E-state index in [0.717, 1.165) is 25.9 Å². The van der Waals surface area contributed by atoms with Crippen molar-refractivity contribution >= 4 is 11.8 Å². The molecular formula is C30H40FN3O3. The van der Waals surface area contributed by atoms with Gasteiger partial charge in [0.1, 0.15) is 11.6 Å². The zero-order valence-corrected chi connectivity index (χ0v) is 22.6. The molecule has 2 fully saturated rings. The molecule has 2 aromatic carbocycles. The fourth-order valence-corrected chi connectivity index (χ4v) is 5.25. The van der Waals surface area contributed by atoms with E-state index in [2.05, 4.69) is 32.7 Å². The maximum absolute atomic E-state index is 13.5. The van der Waals surface area contributed by atoms with Crippen LogP contribution in [0, 0.1) is 11.2 Å². The van der Waals surface area contributed by atoms with Crippen molar-refractivity contribution in [3.63, 3.8) is 0 Å². The summed E-state index contributed by atoms with van der Waals surface area (Å²) in [6.45, 7) is 11.0. The molecule has 0 N–H and O–H groups in total. The molecule has 0 radical (unpaired) electrons. The molecule has 2 aromatic rings. The fourth-order valence-electron chi connectivity index (χ4n) is 5.25. The van der Waals surface area contributed by atoms with Crippen LogP contribution in [0.15, 0.2) is 48.5 Å². The summed E-state index contributed by atoms with van der Waals surface area (Å²) < 4.78 is 19.5. The number of amides is 2. The highest BCUT2D eigenvalue weighted by atomic mass is 19.1. The average Bonchev–Trinajstić information content (AvgIpc) is 2.88. The highest BCUT2D eigenvalue weighted by molar-refractivity contribution is 5.94. The first-order valence-corrected chi connectivity index (χ1v) is 13.3. The molecule has 200 valence electrons. The summed E-state index contributed by atoms with van der Waals surface area (Å²) in [5.74, 6) is 0.339. The van der Waals surface area contributed by atoms with Gasteiger partial charge < -0.3 is 19.4 Å². The van der Waals surface area contributed by atoms with Gasteiger partial charge in [0.05, 0.1) is 6.61 Å². The van der Waals surface area contributed by atoms with Crippen molar-refractivity contribution in [1.82, 2.24) is 14.7 Å². The third-order valence-corrected chi connectivity index (χ3v) is 7.69. The summed E-state index contributed by atoms with van der Waals surface area (Å²) >= 11 is 0. The molecule has 2 heterocycles. The monoisotopic (exact) mass is 509 g/mol. The van der Waals surface area contributed by atoms with Crippen LogP contribution in [0.3, 0.4) is 0 Å². The van der Waals surface area contributed by atoms with Crippen molar-refractivity contribution in [3.8, 4) is 5.75 Å². The van der Waals surface area contributed by atoms with Gasteiger partial charge in [-0.1, -0.05) is 32.9 Å². The third-order valence-electron chi connectivity index (χ3n) is 7.69. The van der Waals surface area contributed by atoms with Crippen LogP contribution in [-0.2, 0) is 10.2 Å². The standard InChI is InChI=1S/C30H40FN3O3/c1-29(2,3)24-8-6-23(7-9-24)28(36)34-15-5-14-30(21-34,22-37-26-12-10-25(31)11-13-26)20-27(35)33-18-16-32(4)17-19-33/h6-13H,5,14-22H2,1-4H3/t30-/m0/s1. The van der Waals surface area contributed by atoms with Gasteiger partial charge in [-0.05, 0) is 67.3 Å². The SMILES string of the molecule is CN1CCN(C(=O)C[C@@]2(COc3ccc(F)cc3)CCCN(C(=O)c3ccc(C(C)(C)C)cc3)C2)CC1. The molecule has 2 amide bonds. The third kappa shape index (κ3) is 6.89. The molecule has 2 aliphatic rings. The lowest BCUT2D eigenvalue weighted by atomic mass is 9.77. The van der Waals surface area contributed by atoms with E-state index in [9.17, 15) is 14.0 Å². The molecule has 0 aliphatic carbocycles. The lowest BCUT2D eigenvalue weighted by Gasteiger charge is -2.43. The van der Waals surface area contributed by atoms with E-state index in [-0.39, 0.29) is 23.0 Å². The number of ether oxygens (including phenoxy) is 1. The van der Waals surface area contributed by atoms with Crippen molar-refractivity contribution < 1.29 is 18.7 Å². The van der Waals surface area contributed by atoms with Crippen LogP contribution in [0.5, 0.6) is 5.75 Å². The highest BCUT2D eigenvalue weighted by Gasteiger charge is 2.41. The zero-order chi connectivity index (χ0) is 26.6. The lowest BCUT2D eigenvalue weighted by Crippen LogP contribution is -2.53. The highest BCUT2D eigenvalue weighted by Crippen LogP contribution is 2.36. The van der Waals surface area contributed by atoms with E-state index < -0.39 is 5.41 Å². The van der Waals surface area contributed by atoms with Gasteiger partial charge in [-0.2, -0.15) is 0 Å². The van der Waals surface area contributed by atoms with Gasteiger partial charge in [0.15, 0.2) is 0 Å². The Morgan fingerprint density at radius 1 is 0.919 bits per heavy atom. The topological polar surface area (TPSA) is 53.1 Å². The molecule has 4 rings (SSSR count). The molecule has 2 aliphatic heterocycles. The number of piperidine rings is 1. The maximum atomic E-state index is 13.5. The van der Waals surface area contributed by atoms with Crippen molar-refractivity contribution in [1.29, 1.82) is 0 Å². The Kier molecular flexibility index (Phi) is 8.22. The lowest BCUT2D eigenvalue weighted by molar-refractivity contribution is -0.137. The molecule has 0 spiro atoms. The molecule has 0 unspecified atom stereocenters. The number of piperazine rings is 1. The number of carbonyl (C=O) groups excluding carboxylic acids is 2. The second-order valence-electron chi connectivity index (χ2n) is 11.8. The van der Waals surface area contributed by atoms with Crippen molar-refractivity contribution in [2.45, 2.75) is 45.4 Å². The van der Waals surface area contributed by atoms with Crippen LogP contribution in [0.2, 0.25) is 0 Å². The predicted octanol–water partition coefficient (Wildman–Crippen LogP) is 4.59. The van der Waals surface area contributed by atoms with Gasteiger partial charge >= 0.3 is 0 Å². The van der Waals surface area contributed by atoms with E-state index in [1.54, 1.807) is 12.1 Å². The summed E-state index contributed by atoms with van der Waals surface area (Å²) in [4.78, 5) is 33.0. The molecule has 7 heteroatoms. The van der Waals surface area contributed by atoms with Crippen LogP contribution in [-0.4, -0.2) is 79.4 Å². The normalized spacial score (nSPS) is 21.1. The number of carbonyl (C=O) groups is 2. The van der Waals surface area contributed by atoms with Crippen LogP contribution in [0.25, 0.3) is 0 Å². The van der Waals surface area contributed by atoms with Gasteiger partial charge in [-0.15, -0.1) is 0 Å². The van der Waals surface area contributed by atoms with E-state index >= 15 is 0 Å². The number of benzene rings is 2. The Labute approximate surface area is 220 Å². The molecule has 1 atom stereocenters. The molecular weight excluding hydrogens is 469 g/mol. The summed E-state index contributed by atoms with van der Waals surface area (Å²) in [5.41, 5.74) is 1.35. The first kappa shape index (κ1) is 27.1. The first-order valence-electron chi connectivity index (χ1n) is 13.3. The number of nitrogens with zero attached hydrogens (tertiary/aromatic N) is 3. The van der Waals surface area contributed by atoms with Gasteiger partial charge in [0.25, 0.3) is 5.91 Å². The fraction of sp³-hybridized carbons (Fsp3) is 0.533.